The summed E-state index contributed by atoms with van der Waals surface area (Å²) in [5.74, 6) is 0.505. The summed E-state index contributed by atoms with van der Waals surface area (Å²) in [6, 6.07) is 7.53. The third-order valence-corrected chi connectivity index (χ3v) is 3.76. The van der Waals surface area contributed by atoms with E-state index in [1.807, 2.05) is 0 Å². The SMILES string of the molecule is O=C(c1ccon1)N1CCC[C@H](COc2ccc(F)cc2)C1. The fourth-order valence-corrected chi connectivity index (χ4v) is 2.62. The summed E-state index contributed by atoms with van der Waals surface area (Å²) in [7, 11) is 0. The number of carbonyl (C=O) groups is 1. The van der Waals surface area contributed by atoms with Gasteiger partial charge in [0.25, 0.3) is 5.91 Å². The Labute approximate surface area is 127 Å². The van der Waals surface area contributed by atoms with Crippen molar-refractivity contribution in [3.63, 3.8) is 0 Å². The molecular formula is C16H17FN2O3. The van der Waals surface area contributed by atoms with Crippen LogP contribution in [0.15, 0.2) is 41.1 Å². The molecule has 0 radical (unpaired) electrons. The molecule has 1 fully saturated rings. The predicted molar refractivity (Wildman–Crippen MR) is 77.0 cm³/mol. The van der Waals surface area contributed by atoms with Crippen molar-refractivity contribution in [2.24, 2.45) is 5.92 Å². The van der Waals surface area contributed by atoms with Crippen LogP contribution >= 0.6 is 0 Å². The van der Waals surface area contributed by atoms with Gasteiger partial charge >= 0.3 is 0 Å². The average Bonchev–Trinajstić information content (AvgIpc) is 3.08. The number of hydrogen-bond acceptors (Lipinski definition) is 4. The molecule has 1 amide bonds. The first-order valence-corrected chi connectivity index (χ1v) is 7.30. The molecule has 6 heteroatoms. The van der Waals surface area contributed by atoms with Gasteiger partial charge in [-0.3, -0.25) is 4.79 Å². The molecule has 5 nitrogen and oxygen atoms in total. The summed E-state index contributed by atoms with van der Waals surface area (Å²) in [6.45, 7) is 1.86. The molecule has 1 aromatic heterocycles. The summed E-state index contributed by atoms with van der Waals surface area (Å²) < 4.78 is 23.2. The van der Waals surface area contributed by atoms with Crippen LogP contribution in [0.25, 0.3) is 0 Å². The van der Waals surface area contributed by atoms with E-state index in [9.17, 15) is 9.18 Å². The van der Waals surface area contributed by atoms with Crippen molar-refractivity contribution in [1.82, 2.24) is 10.1 Å². The Kier molecular flexibility index (Phi) is 4.37. The summed E-state index contributed by atoms with van der Waals surface area (Å²) in [4.78, 5) is 14.0. The van der Waals surface area contributed by atoms with Gasteiger partial charge < -0.3 is 14.2 Å². The lowest BCUT2D eigenvalue weighted by molar-refractivity contribution is 0.0623. The van der Waals surface area contributed by atoms with Gasteiger partial charge in [-0.2, -0.15) is 0 Å². The van der Waals surface area contributed by atoms with E-state index in [1.54, 1.807) is 23.1 Å². The maximum Gasteiger partial charge on any atom is 0.276 e. The molecule has 0 bridgehead atoms. The van der Waals surface area contributed by atoms with Crippen molar-refractivity contribution < 1.29 is 18.4 Å². The average molecular weight is 304 g/mol. The number of benzene rings is 1. The van der Waals surface area contributed by atoms with Crippen molar-refractivity contribution in [1.29, 1.82) is 0 Å². The lowest BCUT2D eigenvalue weighted by Gasteiger charge is -2.32. The minimum atomic E-state index is -0.283. The summed E-state index contributed by atoms with van der Waals surface area (Å²) >= 11 is 0. The van der Waals surface area contributed by atoms with E-state index in [4.69, 9.17) is 9.26 Å². The second-order valence-corrected chi connectivity index (χ2v) is 5.41. The molecule has 0 unspecified atom stereocenters. The summed E-state index contributed by atoms with van der Waals surface area (Å²) in [5.41, 5.74) is 0.333. The lowest BCUT2D eigenvalue weighted by atomic mass is 9.98. The molecule has 1 saturated heterocycles. The molecule has 3 rings (SSSR count). The highest BCUT2D eigenvalue weighted by atomic mass is 19.1. The number of piperidine rings is 1. The smallest absolute Gasteiger partial charge is 0.276 e. The fraction of sp³-hybridized carbons (Fsp3) is 0.375. The Morgan fingerprint density at radius 1 is 1.36 bits per heavy atom. The molecule has 0 saturated carbocycles. The minimum absolute atomic E-state index is 0.111. The van der Waals surface area contributed by atoms with Gasteiger partial charge in [-0.05, 0) is 37.1 Å². The minimum Gasteiger partial charge on any atom is -0.493 e. The van der Waals surface area contributed by atoms with Crippen LogP contribution in [0.4, 0.5) is 4.39 Å². The quantitative estimate of drug-likeness (QED) is 0.871. The van der Waals surface area contributed by atoms with Crippen LogP contribution in [0.1, 0.15) is 23.3 Å². The van der Waals surface area contributed by atoms with Crippen LogP contribution in [-0.2, 0) is 0 Å². The number of carbonyl (C=O) groups excluding carboxylic acids is 1. The number of halogens is 1. The largest absolute Gasteiger partial charge is 0.493 e. The Morgan fingerprint density at radius 3 is 2.91 bits per heavy atom. The zero-order chi connectivity index (χ0) is 15.4. The van der Waals surface area contributed by atoms with Gasteiger partial charge in [0.2, 0.25) is 0 Å². The van der Waals surface area contributed by atoms with Crippen molar-refractivity contribution in [2.75, 3.05) is 19.7 Å². The van der Waals surface area contributed by atoms with Crippen molar-refractivity contribution >= 4 is 5.91 Å². The molecule has 1 aliphatic heterocycles. The Balaban J connectivity index is 1.54. The predicted octanol–water partition coefficient (Wildman–Crippen LogP) is 2.74. The molecule has 1 aromatic carbocycles. The van der Waals surface area contributed by atoms with Gasteiger partial charge in [-0.1, -0.05) is 5.16 Å². The van der Waals surface area contributed by atoms with E-state index in [-0.39, 0.29) is 17.6 Å². The fourth-order valence-electron chi connectivity index (χ4n) is 2.62. The molecule has 1 atom stereocenters. The summed E-state index contributed by atoms with van der Waals surface area (Å²) in [5, 5.41) is 3.69. The second-order valence-electron chi connectivity index (χ2n) is 5.41. The molecule has 116 valence electrons. The Hall–Kier alpha value is -2.37. The number of ether oxygens (including phenoxy) is 1. The number of rotatable bonds is 4. The van der Waals surface area contributed by atoms with Crippen LogP contribution in [0.3, 0.4) is 0 Å². The molecule has 2 heterocycles. The Morgan fingerprint density at radius 2 is 2.18 bits per heavy atom. The molecule has 0 aliphatic carbocycles. The van der Waals surface area contributed by atoms with Gasteiger partial charge in [0, 0.05) is 25.1 Å². The van der Waals surface area contributed by atoms with Crippen LogP contribution in [0.2, 0.25) is 0 Å². The van der Waals surface area contributed by atoms with Crippen LogP contribution in [-0.4, -0.2) is 35.7 Å². The van der Waals surface area contributed by atoms with E-state index in [0.717, 1.165) is 19.4 Å². The highest BCUT2D eigenvalue weighted by Crippen LogP contribution is 2.20. The van der Waals surface area contributed by atoms with Crippen molar-refractivity contribution in [3.05, 3.63) is 48.1 Å². The standard InChI is InChI=1S/C16H17FN2O3/c17-13-3-5-14(6-4-13)21-11-12-2-1-8-19(10-12)16(20)15-7-9-22-18-15/h3-7,9,12H,1-2,8,10-11H2/t12-/m0/s1. The maximum atomic E-state index is 12.8. The van der Waals surface area contributed by atoms with E-state index in [0.29, 0.717) is 24.6 Å². The number of nitrogens with zero attached hydrogens (tertiary/aromatic N) is 2. The van der Waals surface area contributed by atoms with Gasteiger partial charge in [0.1, 0.15) is 17.8 Å². The topological polar surface area (TPSA) is 55.6 Å². The molecule has 22 heavy (non-hydrogen) atoms. The lowest BCUT2D eigenvalue weighted by Crippen LogP contribution is -2.41. The zero-order valence-electron chi connectivity index (χ0n) is 12.1. The number of likely N-dealkylation sites (tertiary alicyclic amines) is 1. The third-order valence-electron chi connectivity index (χ3n) is 3.76. The number of hydrogen-bond donors (Lipinski definition) is 0. The Bertz CT molecular complexity index is 613. The highest BCUT2D eigenvalue weighted by Gasteiger charge is 2.26. The highest BCUT2D eigenvalue weighted by molar-refractivity contribution is 5.92. The summed E-state index contributed by atoms with van der Waals surface area (Å²) in [6.07, 6.45) is 3.33. The first-order valence-electron chi connectivity index (χ1n) is 7.30. The van der Waals surface area contributed by atoms with Crippen LogP contribution in [0, 0.1) is 11.7 Å². The first kappa shape index (κ1) is 14.6. The normalized spacial score (nSPS) is 18.2. The van der Waals surface area contributed by atoms with E-state index >= 15 is 0 Å². The maximum absolute atomic E-state index is 12.8. The second kappa shape index (κ2) is 6.60. The third kappa shape index (κ3) is 3.44. The van der Waals surface area contributed by atoms with Gasteiger partial charge in [-0.25, -0.2) is 4.39 Å². The van der Waals surface area contributed by atoms with E-state index in [1.165, 1.54) is 18.4 Å². The van der Waals surface area contributed by atoms with E-state index < -0.39 is 0 Å². The monoisotopic (exact) mass is 304 g/mol. The van der Waals surface area contributed by atoms with Gasteiger partial charge in [-0.15, -0.1) is 0 Å². The van der Waals surface area contributed by atoms with Gasteiger partial charge in [0.05, 0.1) is 6.61 Å². The van der Waals surface area contributed by atoms with Crippen molar-refractivity contribution in [2.45, 2.75) is 12.8 Å². The molecule has 2 aromatic rings. The number of aromatic nitrogens is 1. The molecule has 0 N–H and O–H groups in total. The zero-order valence-corrected chi connectivity index (χ0v) is 12.1. The molecular weight excluding hydrogens is 287 g/mol. The van der Waals surface area contributed by atoms with Crippen LogP contribution in [0.5, 0.6) is 5.75 Å². The molecule has 1 aliphatic rings. The van der Waals surface area contributed by atoms with Gasteiger partial charge in [0.15, 0.2) is 5.69 Å². The van der Waals surface area contributed by atoms with E-state index in [2.05, 4.69) is 5.16 Å². The molecule has 0 spiro atoms. The number of amides is 1. The van der Waals surface area contributed by atoms with Crippen LogP contribution < -0.4 is 4.74 Å². The van der Waals surface area contributed by atoms with Crippen molar-refractivity contribution in [3.8, 4) is 5.75 Å². The first-order chi connectivity index (χ1) is 10.7.